The van der Waals surface area contributed by atoms with Gasteiger partial charge in [-0.1, -0.05) is 23.7 Å². The molecule has 0 amide bonds. The van der Waals surface area contributed by atoms with E-state index in [0.29, 0.717) is 0 Å². The van der Waals surface area contributed by atoms with E-state index in [9.17, 15) is 0 Å². The first-order valence-corrected chi connectivity index (χ1v) is 9.67. The normalized spacial score (nSPS) is 14.8. The van der Waals surface area contributed by atoms with Crippen molar-refractivity contribution in [3.05, 3.63) is 53.8 Å². The van der Waals surface area contributed by atoms with Gasteiger partial charge in [0.05, 0.1) is 18.0 Å². The third kappa shape index (κ3) is 2.81. The van der Waals surface area contributed by atoms with Gasteiger partial charge in [-0.25, -0.2) is 9.97 Å². The molecular weight excluding hydrogens is 374 g/mol. The molecule has 7 heteroatoms. The zero-order valence-electron chi connectivity index (χ0n) is 15.5. The Balaban J connectivity index is 1.47. The Morgan fingerprint density at radius 3 is 2.57 bits per heavy atom. The minimum absolute atomic E-state index is 0.768. The van der Waals surface area contributed by atoms with Gasteiger partial charge in [0.1, 0.15) is 23.1 Å². The van der Waals surface area contributed by atoms with Crippen LogP contribution in [0.2, 0.25) is 5.02 Å². The standard InChI is InChI=1S/C21H20ClN5O/c1-28-17-7-3-6-16-18(17)19-20(25-16)21(24-13-23-19)27-10-8-26(9-11-27)15-5-2-4-14(22)12-15/h2-7,12-13,25H,8-11H2,1H3. The highest BCUT2D eigenvalue weighted by Crippen LogP contribution is 2.35. The first-order chi connectivity index (χ1) is 13.7. The Hall–Kier alpha value is -2.99. The van der Waals surface area contributed by atoms with Crippen molar-refractivity contribution in [2.75, 3.05) is 43.1 Å². The summed E-state index contributed by atoms with van der Waals surface area (Å²) in [5.41, 5.74) is 4.02. The lowest BCUT2D eigenvalue weighted by Gasteiger charge is -2.36. The van der Waals surface area contributed by atoms with Gasteiger partial charge in [-0.2, -0.15) is 0 Å². The Labute approximate surface area is 167 Å². The summed E-state index contributed by atoms with van der Waals surface area (Å²) < 4.78 is 5.54. The van der Waals surface area contributed by atoms with Crippen molar-refractivity contribution in [3.63, 3.8) is 0 Å². The lowest BCUT2D eigenvalue weighted by Crippen LogP contribution is -2.47. The van der Waals surface area contributed by atoms with Crippen molar-refractivity contribution in [2.24, 2.45) is 0 Å². The molecule has 0 saturated carbocycles. The largest absolute Gasteiger partial charge is 0.496 e. The van der Waals surface area contributed by atoms with Crippen LogP contribution in [-0.4, -0.2) is 48.2 Å². The Kier molecular flexibility index (Phi) is 4.20. The highest BCUT2D eigenvalue weighted by molar-refractivity contribution is 6.30. The molecule has 0 aliphatic carbocycles. The van der Waals surface area contributed by atoms with Crippen molar-refractivity contribution in [2.45, 2.75) is 0 Å². The highest BCUT2D eigenvalue weighted by atomic mass is 35.5. The van der Waals surface area contributed by atoms with Gasteiger partial charge >= 0.3 is 0 Å². The number of nitrogens with zero attached hydrogens (tertiary/aromatic N) is 4. The SMILES string of the molecule is COc1cccc2[nH]c3c(N4CCN(c5cccc(Cl)c5)CC4)ncnc3c12. The topological polar surface area (TPSA) is 57.3 Å². The van der Waals surface area contributed by atoms with Gasteiger partial charge in [0.2, 0.25) is 0 Å². The van der Waals surface area contributed by atoms with E-state index in [2.05, 4.69) is 30.8 Å². The summed E-state index contributed by atoms with van der Waals surface area (Å²) in [5.74, 6) is 1.76. The predicted molar refractivity (Wildman–Crippen MR) is 114 cm³/mol. The van der Waals surface area contributed by atoms with Crippen LogP contribution >= 0.6 is 11.6 Å². The Morgan fingerprint density at radius 1 is 1.00 bits per heavy atom. The number of rotatable bonds is 3. The number of hydrogen-bond acceptors (Lipinski definition) is 5. The van der Waals surface area contributed by atoms with Crippen molar-refractivity contribution >= 4 is 45.0 Å². The Morgan fingerprint density at radius 2 is 1.79 bits per heavy atom. The molecule has 2 aromatic heterocycles. The fourth-order valence-electron chi connectivity index (χ4n) is 3.95. The molecule has 1 fully saturated rings. The molecule has 142 valence electrons. The van der Waals surface area contributed by atoms with Crippen molar-refractivity contribution in [3.8, 4) is 5.75 Å². The van der Waals surface area contributed by atoms with E-state index >= 15 is 0 Å². The number of H-pyrrole nitrogens is 1. The smallest absolute Gasteiger partial charge is 0.156 e. The molecule has 1 N–H and O–H groups in total. The molecule has 0 radical (unpaired) electrons. The second-order valence-electron chi connectivity index (χ2n) is 6.88. The minimum Gasteiger partial charge on any atom is -0.496 e. The van der Waals surface area contributed by atoms with Gasteiger partial charge in [0.25, 0.3) is 0 Å². The lowest BCUT2D eigenvalue weighted by atomic mass is 10.2. The number of methoxy groups -OCH3 is 1. The molecule has 0 atom stereocenters. The minimum atomic E-state index is 0.768. The maximum Gasteiger partial charge on any atom is 0.156 e. The summed E-state index contributed by atoms with van der Waals surface area (Å²) in [6.45, 7) is 3.58. The van der Waals surface area contributed by atoms with Crippen molar-refractivity contribution in [1.29, 1.82) is 0 Å². The van der Waals surface area contributed by atoms with E-state index in [-0.39, 0.29) is 0 Å². The molecule has 1 aliphatic heterocycles. The van der Waals surface area contributed by atoms with Gasteiger partial charge in [0.15, 0.2) is 5.82 Å². The fourth-order valence-corrected chi connectivity index (χ4v) is 4.14. The predicted octanol–water partition coefficient (Wildman–Crippen LogP) is 4.10. The van der Waals surface area contributed by atoms with Crippen LogP contribution in [0.4, 0.5) is 11.5 Å². The van der Waals surface area contributed by atoms with E-state index in [0.717, 1.165) is 70.4 Å². The van der Waals surface area contributed by atoms with Gasteiger partial charge in [-0.3, -0.25) is 0 Å². The molecule has 0 spiro atoms. The maximum absolute atomic E-state index is 6.15. The van der Waals surface area contributed by atoms with Gasteiger partial charge < -0.3 is 19.5 Å². The highest BCUT2D eigenvalue weighted by Gasteiger charge is 2.22. The molecule has 0 bridgehead atoms. The number of halogens is 1. The lowest BCUT2D eigenvalue weighted by molar-refractivity contribution is 0.420. The molecule has 1 saturated heterocycles. The first-order valence-electron chi connectivity index (χ1n) is 9.29. The van der Waals surface area contributed by atoms with Crippen molar-refractivity contribution in [1.82, 2.24) is 15.0 Å². The van der Waals surface area contributed by atoms with Gasteiger partial charge in [0, 0.05) is 36.9 Å². The van der Waals surface area contributed by atoms with Crippen LogP contribution in [0, 0.1) is 0 Å². The summed E-state index contributed by atoms with van der Waals surface area (Å²) >= 11 is 6.15. The van der Waals surface area contributed by atoms with Crippen LogP contribution in [0.5, 0.6) is 5.75 Å². The molecular formula is C21H20ClN5O. The van der Waals surface area contributed by atoms with E-state index in [1.165, 1.54) is 0 Å². The molecule has 4 aromatic rings. The number of ether oxygens (including phenoxy) is 1. The monoisotopic (exact) mass is 393 g/mol. The molecule has 3 heterocycles. The van der Waals surface area contributed by atoms with Gasteiger partial charge in [-0.05, 0) is 30.3 Å². The summed E-state index contributed by atoms with van der Waals surface area (Å²) in [6, 6.07) is 14.0. The second-order valence-corrected chi connectivity index (χ2v) is 7.32. The number of aromatic nitrogens is 3. The summed E-state index contributed by atoms with van der Waals surface area (Å²) in [6.07, 6.45) is 1.64. The maximum atomic E-state index is 6.15. The summed E-state index contributed by atoms with van der Waals surface area (Å²) in [5, 5.41) is 1.77. The van der Waals surface area contributed by atoms with E-state index in [1.807, 2.05) is 36.4 Å². The van der Waals surface area contributed by atoms with Gasteiger partial charge in [-0.15, -0.1) is 0 Å². The molecule has 1 aliphatic rings. The van der Waals surface area contributed by atoms with Crippen molar-refractivity contribution < 1.29 is 4.74 Å². The van der Waals surface area contributed by atoms with E-state index in [4.69, 9.17) is 16.3 Å². The number of nitrogens with one attached hydrogen (secondary N) is 1. The molecule has 2 aromatic carbocycles. The number of hydrogen-bond donors (Lipinski definition) is 1. The quantitative estimate of drug-likeness (QED) is 0.568. The number of anilines is 2. The van der Waals surface area contributed by atoms with Crippen LogP contribution in [0.25, 0.3) is 21.9 Å². The first kappa shape index (κ1) is 17.1. The average Bonchev–Trinajstić information content (AvgIpc) is 3.13. The van der Waals surface area contributed by atoms with E-state index < -0.39 is 0 Å². The number of aromatic amines is 1. The molecule has 28 heavy (non-hydrogen) atoms. The van der Waals surface area contributed by atoms with Crippen LogP contribution < -0.4 is 14.5 Å². The third-order valence-corrected chi connectivity index (χ3v) is 5.56. The zero-order chi connectivity index (χ0) is 19.1. The Bertz CT molecular complexity index is 1150. The number of fused-ring (bicyclic) bond motifs is 3. The van der Waals surface area contributed by atoms with Crippen LogP contribution in [0.3, 0.4) is 0 Å². The zero-order valence-corrected chi connectivity index (χ0v) is 16.3. The number of benzene rings is 2. The molecule has 6 nitrogen and oxygen atoms in total. The van der Waals surface area contributed by atoms with Crippen LogP contribution in [0.15, 0.2) is 48.8 Å². The second kappa shape index (κ2) is 6.87. The van der Waals surface area contributed by atoms with Crippen LogP contribution in [0.1, 0.15) is 0 Å². The van der Waals surface area contributed by atoms with Crippen LogP contribution in [-0.2, 0) is 0 Å². The molecule has 0 unspecified atom stereocenters. The summed E-state index contributed by atoms with van der Waals surface area (Å²) in [7, 11) is 1.69. The third-order valence-electron chi connectivity index (χ3n) is 5.32. The average molecular weight is 394 g/mol. The summed E-state index contributed by atoms with van der Waals surface area (Å²) in [4.78, 5) is 17.3. The fraction of sp³-hybridized carbons (Fsp3) is 0.238. The molecule has 5 rings (SSSR count). The van der Waals surface area contributed by atoms with E-state index in [1.54, 1.807) is 13.4 Å². The number of piperazine rings is 1.